The van der Waals surface area contributed by atoms with Gasteiger partial charge in [0.25, 0.3) is 0 Å². The van der Waals surface area contributed by atoms with E-state index in [0.29, 0.717) is 5.56 Å². The number of thioether (sulfide) groups is 1. The van der Waals surface area contributed by atoms with Crippen molar-refractivity contribution in [1.82, 2.24) is 4.98 Å². The lowest BCUT2D eigenvalue weighted by molar-refractivity contribution is 0.660. The second-order valence-corrected chi connectivity index (χ2v) is 4.09. The highest BCUT2D eigenvalue weighted by Crippen LogP contribution is 2.26. The van der Waals surface area contributed by atoms with E-state index in [9.17, 15) is 0 Å². The highest BCUT2D eigenvalue weighted by molar-refractivity contribution is 8.00. The van der Waals surface area contributed by atoms with Gasteiger partial charge in [0.05, 0.1) is 5.56 Å². The summed E-state index contributed by atoms with van der Waals surface area (Å²) < 4.78 is 0. The van der Waals surface area contributed by atoms with Crippen LogP contribution in [0.4, 0.5) is 0 Å². The average molecular weight is 203 g/mol. The van der Waals surface area contributed by atoms with E-state index < -0.39 is 0 Å². The quantitative estimate of drug-likeness (QED) is 0.658. The molecule has 0 atom stereocenters. The van der Waals surface area contributed by atoms with E-state index >= 15 is 0 Å². The Morgan fingerprint density at radius 1 is 1.43 bits per heavy atom. The molecule has 0 spiro atoms. The van der Waals surface area contributed by atoms with Crippen LogP contribution in [-0.2, 0) is 12.8 Å². The molecule has 1 aromatic heterocycles. The molecular weight excluding hydrogens is 192 g/mol. The van der Waals surface area contributed by atoms with Crippen molar-refractivity contribution in [3.63, 3.8) is 0 Å². The molecule has 0 fully saturated rings. The van der Waals surface area contributed by atoms with E-state index in [1.807, 2.05) is 6.07 Å². The van der Waals surface area contributed by atoms with Gasteiger partial charge in [-0.15, -0.1) is 11.8 Å². The number of hydrogen-bond donors (Lipinski definition) is 0. The first-order valence-corrected chi connectivity index (χ1v) is 5.68. The Hall–Kier alpha value is -1.01. The molecule has 0 unspecified atom stereocenters. The number of pyridine rings is 1. The van der Waals surface area contributed by atoms with Gasteiger partial charge in [0.2, 0.25) is 0 Å². The Morgan fingerprint density at radius 3 is 2.93 bits per heavy atom. The average Bonchev–Trinajstić information content (AvgIpc) is 2.27. The van der Waals surface area contributed by atoms with Crippen LogP contribution in [0.15, 0.2) is 11.1 Å². The van der Waals surface area contributed by atoms with Gasteiger partial charge in [-0.05, 0) is 37.3 Å². The fourth-order valence-electron chi connectivity index (χ4n) is 1.80. The summed E-state index contributed by atoms with van der Waals surface area (Å²) in [6.07, 6.45) is 8.27. The zero-order valence-corrected chi connectivity index (χ0v) is 8.73. The second-order valence-electron chi connectivity index (χ2n) is 3.41. The molecule has 2 nitrogen and oxygen atoms in total. The summed E-state index contributed by atoms with van der Waals surface area (Å²) in [4.78, 5) is 4.48. The van der Waals surface area contributed by atoms with Crippen LogP contribution in [0.5, 0.6) is 0 Å². The maximum atomic E-state index is 8.92. The van der Waals surface area contributed by atoms with E-state index in [1.165, 1.54) is 35.9 Å². The minimum Gasteiger partial charge on any atom is -0.245 e. The maximum Gasteiger partial charge on any atom is 0.114 e. The van der Waals surface area contributed by atoms with Gasteiger partial charge in [-0.3, -0.25) is 0 Å². The third kappa shape index (κ3) is 1.62. The number of hydrogen-bond acceptors (Lipinski definition) is 3. The minimum atomic E-state index is 0.672. The van der Waals surface area contributed by atoms with E-state index in [4.69, 9.17) is 5.26 Å². The molecule has 71 valence electrons. The molecule has 1 aliphatic rings. The van der Waals surface area contributed by atoms with Crippen LogP contribution in [-0.4, -0.2) is 4.98 Å². The Labute approximate surface area is 88.4 Å². The Morgan fingerprint density at radius 2 is 2.21 bits per heavy atom. The lowest BCUT2D eigenvalue weighted by atomic mass is 9.95. The second kappa shape index (κ2) is 4.02. The first-order valence-electron chi connectivity index (χ1n) is 4.70. The van der Waals surface area contributed by atoms with Gasteiger partial charge in [0.15, 0.2) is 0 Å². The van der Waals surface area contributed by atoms with Crippen molar-refractivity contribution < 1.29 is 0 Å². The molecule has 1 heterocycles. The number of rotatable bonds is 1. The first-order chi connectivity index (χ1) is 6.85. The highest BCUT2D eigenvalue weighted by atomic mass is 32.2. The van der Waals surface area contributed by atoms with Crippen molar-refractivity contribution in [3.05, 3.63) is 29.1 Å². The third-order valence-corrected chi connectivity index (χ3v) is 3.11. The molecule has 0 aliphatic heterocycles. The van der Waals surface area contributed by atoms with Gasteiger partial charge in [0.1, 0.15) is 11.1 Å². The number of aryl methyl sites for hydroxylation is 2. The Kier molecular flexibility index (Phi) is 2.74. The van der Waals surface area contributed by atoms with Gasteiger partial charge in [-0.2, -0.15) is 5.26 Å². The smallest absolute Gasteiger partial charge is 0.114 e. The predicted octanol–water partition coefficient (Wildman–Crippen LogP) is 2.72. The summed E-state index contributed by atoms with van der Waals surface area (Å²) in [5, 5.41) is 9.69. The molecular formula is C11H11N2S. The summed E-state index contributed by atoms with van der Waals surface area (Å²) in [7, 11) is 0. The van der Waals surface area contributed by atoms with Gasteiger partial charge in [-0.25, -0.2) is 4.98 Å². The number of fused-ring (bicyclic) bond motifs is 1. The van der Waals surface area contributed by atoms with Crippen molar-refractivity contribution >= 4 is 11.8 Å². The molecule has 0 N–H and O–H groups in total. The summed E-state index contributed by atoms with van der Waals surface area (Å²) in [6, 6.07) is 4.15. The SMILES string of the molecule is [CH2]Sc1nc2c(cc1C#N)CCCC2. The maximum absolute atomic E-state index is 8.92. The lowest BCUT2D eigenvalue weighted by Crippen LogP contribution is -2.06. The molecule has 3 heteroatoms. The summed E-state index contributed by atoms with van der Waals surface area (Å²) in [5.74, 6) is 0. The monoisotopic (exact) mass is 203 g/mol. The van der Waals surface area contributed by atoms with Crippen LogP contribution in [0.2, 0.25) is 0 Å². The standard InChI is InChI=1S/C11H11N2S/c1-14-11-9(7-12)6-8-4-2-3-5-10(8)13-11/h6H,1-5H2. The van der Waals surface area contributed by atoms with Crippen LogP contribution in [0.3, 0.4) is 0 Å². The molecule has 1 radical (unpaired) electrons. The fraction of sp³-hybridized carbons (Fsp3) is 0.364. The van der Waals surface area contributed by atoms with Crippen molar-refractivity contribution in [2.75, 3.05) is 0 Å². The molecule has 0 amide bonds. The topological polar surface area (TPSA) is 36.7 Å². The Bertz CT molecular complexity index is 393. The normalized spacial score (nSPS) is 14.6. The summed E-state index contributed by atoms with van der Waals surface area (Å²) in [5.41, 5.74) is 3.10. The van der Waals surface area contributed by atoms with Crippen LogP contribution in [0.1, 0.15) is 29.7 Å². The third-order valence-electron chi connectivity index (χ3n) is 2.52. The van der Waals surface area contributed by atoms with Crippen molar-refractivity contribution in [2.24, 2.45) is 0 Å². The number of nitriles is 1. The van der Waals surface area contributed by atoms with Gasteiger partial charge < -0.3 is 0 Å². The minimum absolute atomic E-state index is 0.672. The number of aromatic nitrogens is 1. The first kappa shape index (κ1) is 9.54. The van der Waals surface area contributed by atoms with Crippen LogP contribution < -0.4 is 0 Å². The summed E-state index contributed by atoms with van der Waals surface area (Å²) >= 11 is 1.31. The van der Waals surface area contributed by atoms with Crippen molar-refractivity contribution in [2.45, 2.75) is 30.7 Å². The molecule has 1 aliphatic carbocycles. The van der Waals surface area contributed by atoms with E-state index in [1.54, 1.807) is 0 Å². The molecule has 1 aromatic rings. The predicted molar refractivity (Wildman–Crippen MR) is 56.8 cm³/mol. The van der Waals surface area contributed by atoms with Gasteiger partial charge in [-0.1, -0.05) is 0 Å². The van der Waals surface area contributed by atoms with E-state index in [0.717, 1.165) is 17.9 Å². The number of nitrogens with zero attached hydrogens (tertiary/aromatic N) is 2. The lowest BCUT2D eigenvalue weighted by Gasteiger charge is -2.15. The molecule has 2 rings (SSSR count). The van der Waals surface area contributed by atoms with E-state index in [2.05, 4.69) is 17.3 Å². The van der Waals surface area contributed by atoms with Crippen LogP contribution >= 0.6 is 11.8 Å². The Balaban J connectivity index is 2.50. The molecule has 0 saturated carbocycles. The zero-order valence-electron chi connectivity index (χ0n) is 7.92. The van der Waals surface area contributed by atoms with Crippen molar-refractivity contribution in [1.29, 1.82) is 5.26 Å². The molecule has 14 heavy (non-hydrogen) atoms. The van der Waals surface area contributed by atoms with Gasteiger partial charge in [0, 0.05) is 11.9 Å². The van der Waals surface area contributed by atoms with Crippen LogP contribution in [0.25, 0.3) is 0 Å². The summed E-state index contributed by atoms with van der Waals surface area (Å²) in [6.45, 7) is 0. The molecule has 0 aromatic carbocycles. The van der Waals surface area contributed by atoms with E-state index in [-0.39, 0.29) is 0 Å². The largest absolute Gasteiger partial charge is 0.245 e. The fourth-order valence-corrected chi connectivity index (χ4v) is 2.24. The zero-order chi connectivity index (χ0) is 9.97. The van der Waals surface area contributed by atoms with Gasteiger partial charge >= 0.3 is 0 Å². The highest BCUT2D eigenvalue weighted by Gasteiger charge is 2.14. The molecule has 0 saturated heterocycles. The van der Waals surface area contributed by atoms with Crippen molar-refractivity contribution in [3.8, 4) is 6.07 Å². The van der Waals surface area contributed by atoms with Crippen LogP contribution in [0, 0.1) is 17.6 Å². The molecule has 0 bridgehead atoms.